The molecular weight excluding hydrogens is 258 g/mol. The second-order valence-electron chi connectivity index (χ2n) is 5.00. The number of nitro benzene ring substituents is 1. The molecule has 0 atom stereocenters. The Balaban J connectivity index is 2.15. The average Bonchev–Trinajstić information content (AvgIpc) is 3.18. The molecule has 0 spiro atoms. The summed E-state index contributed by atoms with van der Waals surface area (Å²) >= 11 is 0. The van der Waals surface area contributed by atoms with Crippen molar-refractivity contribution in [2.45, 2.75) is 32.4 Å². The number of nitrogens with zero attached hydrogens (tertiary/aromatic N) is 4. The fraction of sp³-hybridized carbons (Fsp3) is 0.385. The van der Waals surface area contributed by atoms with Crippen molar-refractivity contribution < 1.29 is 4.92 Å². The van der Waals surface area contributed by atoms with Gasteiger partial charge in [-0.1, -0.05) is 6.07 Å². The highest BCUT2D eigenvalue weighted by atomic mass is 16.6. The lowest BCUT2D eigenvalue weighted by Crippen LogP contribution is -2.08. The fourth-order valence-electron chi connectivity index (χ4n) is 2.33. The SMILES string of the molecule is Cc1ccc([N+](=O)[O-])cc1-c1nnc(CN)n1C1CC1. The minimum absolute atomic E-state index is 0.0604. The third-order valence-electron chi connectivity index (χ3n) is 3.53. The van der Waals surface area contributed by atoms with Crippen LogP contribution in [0.15, 0.2) is 18.2 Å². The van der Waals surface area contributed by atoms with Crippen molar-refractivity contribution in [3.63, 3.8) is 0 Å². The molecule has 1 fully saturated rings. The topological polar surface area (TPSA) is 99.9 Å². The molecule has 1 aliphatic rings. The molecule has 1 aromatic heterocycles. The van der Waals surface area contributed by atoms with E-state index in [1.807, 2.05) is 11.5 Å². The van der Waals surface area contributed by atoms with Gasteiger partial charge in [-0.3, -0.25) is 10.1 Å². The maximum atomic E-state index is 10.9. The lowest BCUT2D eigenvalue weighted by molar-refractivity contribution is -0.384. The molecule has 1 aromatic carbocycles. The Labute approximate surface area is 115 Å². The Morgan fingerprint density at radius 3 is 2.80 bits per heavy atom. The summed E-state index contributed by atoms with van der Waals surface area (Å²) in [5.74, 6) is 1.41. The molecule has 104 valence electrons. The lowest BCUT2D eigenvalue weighted by Gasteiger charge is -2.09. The van der Waals surface area contributed by atoms with Crippen LogP contribution >= 0.6 is 0 Å². The van der Waals surface area contributed by atoms with Gasteiger partial charge in [0.15, 0.2) is 5.82 Å². The number of nitro groups is 1. The highest BCUT2D eigenvalue weighted by molar-refractivity contribution is 5.64. The second-order valence-corrected chi connectivity index (χ2v) is 5.00. The number of hydrogen-bond acceptors (Lipinski definition) is 5. The van der Waals surface area contributed by atoms with E-state index in [1.165, 1.54) is 6.07 Å². The maximum absolute atomic E-state index is 10.9. The van der Waals surface area contributed by atoms with Crippen molar-refractivity contribution in [2.24, 2.45) is 5.73 Å². The molecule has 7 nitrogen and oxygen atoms in total. The first-order valence-corrected chi connectivity index (χ1v) is 6.51. The smallest absolute Gasteiger partial charge is 0.270 e. The van der Waals surface area contributed by atoms with Crippen LogP contribution in [-0.4, -0.2) is 19.7 Å². The van der Waals surface area contributed by atoms with E-state index in [4.69, 9.17) is 5.73 Å². The first-order chi connectivity index (χ1) is 9.61. The Bertz CT molecular complexity index is 675. The quantitative estimate of drug-likeness (QED) is 0.678. The van der Waals surface area contributed by atoms with Gasteiger partial charge in [0.25, 0.3) is 5.69 Å². The van der Waals surface area contributed by atoms with E-state index in [0.29, 0.717) is 18.4 Å². The Morgan fingerprint density at radius 2 is 2.20 bits per heavy atom. The van der Waals surface area contributed by atoms with Gasteiger partial charge in [0.1, 0.15) is 5.82 Å². The lowest BCUT2D eigenvalue weighted by atomic mass is 10.1. The highest BCUT2D eigenvalue weighted by Crippen LogP contribution is 2.39. The van der Waals surface area contributed by atoms with Gasteiger partial charge in [-0.05, 0) is 25.3 Å². The van der Waals surface area contributed by atoms with E-state index in [1.54, 1.807) is 12.1 Å². The molecule has 1 saturated carbocycles. The van der Waals surface area contributed by atoms with Crippen LogP contribution < -0.4 is 5.73 Å². The van der Waals surface area contributed by atoms with E-state index in [0.717, 1.165) is 29.8 Å². The van der Waals surface area contributed by atoms with Gasteiger partial charge < -0.3 is 10.3 Å². The number of non-ortho nitro benzene ring substituents is 1. The minimum Gasteiger partial charge on any atom is -0.324 e. The van der Waals surface area contributed by atoms with E-state index in [2.05, 4.69) is 10.2 Å². The zero-order chi connectivity index (χ0) is 14.3. The molecule has 0 amide bonds. The Morgan fingerprint density at radius 1 is 1.45 bits per heavy atom. The van der Waals surface area contributed by atoms with Crippen molar-refractivity contribution in [1.29, 1.82) is 0 Å². The molecule has 7 heteroatoms. The molecule has 3 rings (SSSR count). The molecule has 20 heavy (non-hydrogen) atoms. The first kappa shape index (κ1) is 12.7. The third-order valence-corrected chi connectivity index (χ3v) is 3.53. The minimum atomic E-state index is -0.398. The van der Waals surface area contributed by atoms with Crippen LogP contribution in [0.1, 0.15) is 30.3 Å². The van der Waals surface area contributed by atoms with Gasteiger partial charge in [-0.15, -0.1) is 10.2 Å². The average molecular weight is 273 g/mol. The van der Waals surface area contributed by atoms with Crippen LogP contribution in [0.4, 0.5) is 5.69 Å². The van der Waals surface area contributed by atoms with Gasteiger partial charge in [-0.2, -0.15) is 0 Å². The summed E-state index contributed by atoms with van der Waals surface area (Å²) in [6.07, 6.45) is 2.15. The fourth-order valence-corrected chi connectivity index (χ4v) is 2.33. The van der Waals surface area contributed by atoms with Gasteiger partial charge in [0, 0.05) is 23.7 Å². The zero-order valence-electron chi connectivity index (χ0n) is 11.1. The second kappa shape index (κ2) is 4.68. The molecule has 1 aliphatic carbocycles. The summed E-state index contributed by atoms with van der Waals surface area (Å²) in [4.78, 5) is 10.5. The van der Waals surface area contributed by atoms with Gasteiger partial charge in [0.2, 0.25) is 0 Å². The predicted octanol–water partition coefficient (Wildman–Crippen LogP) is 1.96. The molecule has 0 saturated heterocycles. The molecule has 0 aliphatic heterocycles. The number of hydrogen-bond donors (Lipinski definition) is 1. The van der Waals surface area contributed by atoms with Crippen molar-refractivity contribution in [3.8, 4) is 11.4 Å². The van der Waals surface area contributed by atoms with Gasteiger partial charge >= 0.3 is 0 Å². The number of nitrogens with two attached hydrogens (primary N) is 1. The third kappa shape index (κ3) is 2.05. The summed E-state index contributed by atoms with van der Waals surface area (Å²) in [7, 11) is 0. The zero-order valence-corrected chi connectivity index (χ0v) is 11.1. The van der Waals surface area contributed by atoms with E-state index in [9.17, 15) is 10.1 Å². The monoisotopic (exact) mass is 273 g/mol. The van der Waals surface area contributed by atoms with E-state index in [-0.39, 0.29) is 5.69 Å². The number of aryl methyl sites for hydroxylation is 1. The summed E-state index contributed by atoms with van der Waals surface area (Å²) in [6.45, 7) is 2.23. The Hall–Kier alpha value is -2.28. The van der Waals surface area contributed by atoms with Crippen molar-refractivity contribution in [1.82, 2.24) is 14.8 Å². The summed E-state index contributed by atoms with van der Waals surface area (Å²) < 4.78 is 2.02. The first-order valence-electron chi connectivity index (χ1n) is 6.51. The molecule has 0 unspecified atom stereocenters. The van der Waals surface area contributed by atoms with Crippen molar-refractivity contribution in [2.75, 3.05) is 0 Å². The van der Waals surface area contributed by atoms with Gasteiger partial charge in [-0.25, -0.2) is 0 Å². The van der Waals surface area contributed by atoms with Gasteiger partial charge in [0.05, 0.1) is 11.5 Å². The molecule has 2 aromatic rings. The van der Waals surface area contributed by atoms with E-state index < -0.39 is 4.92 Å². The molecule has 1 heterocycles. The summed E-state index contributed by atoms with van der Waals surface area (Å²) in [5.41, 5.74) is 7.44. The van der Waals surface area contributed by atoms with Crippen LogP contribution in [0.3, 0.4) is 0 Å². The largest absolute Gasteiger partial charge is 0.324 e. The van der Waals surface area contributed by atoms with Crippen LogP contribution in [0.2, 0.25) is 0 Å². The summed E-state index contributed by atoms with van der Waals surface area (Å²) in [6, 6.07) is 5.16. The highest BCUT2D eigenvalue weighted by Gasteiger charge is 2.30. The van der Waals surface area contributed by atoms with Crippen molar-refractivity contribution in [3.05, 3.63) is 39.7 Å². The van der Waals surface area contributed by atoms with E-state index >= 15 is 0 Å². The summed E-state index contributed by atoms with van der Waals surface area (Å²) in [5, 5.41) is 19.2. The van der Waals surface area contributed by atoms with Crippen LogP contribution in [0.25, 0.3) is 11.4 Å². The Kier molecular flexibility index (Phi) is 2.98. The normalized spacial score (nSPS) is 14.5. The molecule has 0 radical (unpaired) electrons. The van der Waals surface area contributed by atoms with Crippen LogP contribution in [0, 0.1) is 17.0 Å². The van der Waals surface area contributed by atoms with Crippen LogP contribution in [-0.2, 0) is 6.54 Å². The molecule has 2 N–H and O–H groups in total. The standard InChI is InChI=1S/C13H15N5O2/c1-8-2-3-10(18(19)20)6-11(8)13-16-15-12(7-14)17(13)9-4-5-9/h2-3,6,9H,4-5,7,14H2,1H3. The van der Waals surface area contributed by atoms with Crippen LogP contribution in [0.5, 0.6) is 0 Å². The number of rotatable bonds is 4. The number of aromatic nitrogens is 3. The van der Waals surface area contributed by atoms with Crippen molar-refractivity contribution >= 4 is 5.69 Å². The predicted molar refractivity (Wildman–Crippen MR) is 73.0 cm³/mol. The molecular formula is C13H15N5O2. The molecule has 0 bridgehead atoms. The maximum Gasteiger partial charge on any atom is 0.270 e. The number of benzene rings is 1.